The third-order valence-corrected chi connectivity index (χ3v) is 2.27. The number of carbonyl (C=O) groups is 2. The van der Waals surface area contributed by atoms with Gasteiger partial charge in [0.1, 0.15) is 12.0 Å². The molecule has 0 bridgehead atoms. The third-order valence-electron chi connectivity index (χ3n) is 2.27. The van der Waals surface area contributed by atoms with E-state index in [4.69, 9.17) is 9.47 Å². The Morgan fingerprint density at radius 3 is 2.35 bits per heavy atom. The highest BCUT2D eigenvalue weighted by Gasteiger charge is 2.20. The van der Waals surface area contributed by atoms with Crippen LogP contribution in [0.3, 0.4) is 0 Å². The van der Waals surface area contributed by atoms with E-state index in [2.05, 4.69) is 0 Å². The number of ketones is 1. The zero-order valence-electron chi connectivity index (χ0n) is 10.8. The van der Waals surface area contributed by atoms with Gasteiger partial charge in [-0.3, -0.25) is 14.5 Å². The van der Waals surface area contributed by atoms with Gasteiger partial charge in [0.15, 0.2) is 5.78 Å². The number of hydrogen-bond donors (Lipinski definition) is 0. The van der Waals surface area contributed by atoms with Gasteiger partial charge in [-0.1, -0.05) is 0 Å². The van der Waals surface area contributed by atoms with Crippen LogP contribution in [0.4, 0.5) is 0 Å². The zero-order valence-corrected chi connectivity index (χ0v) is 10.8. The second-order valence-electron chi connectivity index (χ2n) is 5.19. The number of ether oxygens (including phenoxy) is 2. The molecule has 0 N–H and O–H groups in total. The number of hydrogen-bond acceptors (Lipinski definition) is 5. The number of carbonyl (C=O) groups excluding carboxylic acids is 2. The fourth-order valence-electron chi connectivity index (χ4n) is 1.60. The molecule has 1 aliphatic heterocycles. The molecule has 98 valence electrons. The molecule has 17 heavy (non-hydrogen) atoms. The van der Waals surface area contributed by atoms with Crippen molar-refractivity contribution in [3.63, 3.8) is 0 Å². The molecule has 5 heteroatoms. The number of morpholine rings is 1. The van der Waals surface area contributed by atoms with E-state index in [9.17, 15) is 9.59 Å². The Bertz CT molecular complexity index is 277. The summed E-state index contributed by atoms with van der Waals surface area (Å²) in [5, 5.41) is 0. The third kappa shape index (κ3) is 6.38. The van der Waals surface area contributed by atoms with E-state index in [1.54, 1.807) is 20.8 Å². The van der Waals surface area contributed by atoms with Crippen molar-refractivity contribution in [1.29, 1.82) is 0 Å². The predicted octanol–water partition coefficient (Wildman–Crippen LogP) is 0.619. The Kier molecular flexibility index (Phi) is 5.08. The van der Waals surface area contributed by atoms with Crippen LogP contribution in [-0.2, 0) is 19.1 Å². The van der Waals surface area contributed by atoms with E-state index >= 15 is 0 Å². The van der Waals surface area contributed by atoms with Crippen molar-refractivity contribution < 1.29 is 19.1 Å². The summed E-state index contributed by atoms with van der Waals surface area (Å²) in [4.78, 5) is 25.0. The summed E-state index contributed by atoms with van der Waals surface area (Å²) in [6, 6.07) is 0. The Morgan fingerprint density at radius 2 is 1.82 bits per heavy atom. The van der Waals surface area contributed by atoms with Crippen molar-refractivity contribution >= 4 is 11.8 Å². The van der Waals surface area contributed by atoms with Crippen molar-refractivity contribution in [1.82, 2.24) is 4.90 Å². The van der Waals surface area contributed by atoms with Gasteiger partial charge in [-0.05, 0) is 20.8 Å². The summed E-state index contributed by atoms with van der Waals surface area (Å²) < 4.78 is 10.3. The van der Waals surface area contributed by atoms with Gasteiger partial charge in [0.2, 0.25) is 0 Å². The van der Waals surface area contributed by atoms with Crippen LogP contribution >= 0.6 is 0 Å². The van der Waals surface area contributed by atoms with Crippen LogP contribution in [0.25, 0.3) is 0 Å². The molecule has 1 saturated heterocycles. The van der Waals surface area contributed by atoms with Crippen molar-refractivity contribution in [2.75, 3.05) is 32.8 Å². The highest BCUT2D eigenvalue weighted by Crippen LogP contribution is 2.08. The predicted molar refractivity (Wildman–Crippen MR) is 62.7 cm³/mol. The summed E-state index contributed by atoms with van der Waals surface area (Å²) >= 11 is 0. The van der Waals surface area contributed by atoms with Crippen LogP contribution in [0.2, 0.25) is 0 Å². The zero-order chi connectivity index (χ0) is 12.9. The Hall–Kier alpha value is -0.940. The Balaban J connectivity index is 2.26. The molecule has 1 rings (SSSR count). The van der Waals surface area contributed by atoms with Gasteiger partial charge in [-0.25, -0.2) is 0 Å². The lowest BCUT2D eigenvalue weighted by Crippen LogP contribution is -2.40. The average Bonchev–Trinajstić information content (AvgIpc) is 2.15. The second kappa shape index (κ2) is 6.12. The summed E-state index contributed by atoms with van der Waals surface area (Å²) in [6.45, 7) is 8.48. The van der Waals surface area contributed by atoms with Gasteiger partial charge in [0, 0.05) is 13.1 Å². The summed E-state index contributed by atoms with van der Waals surface area (Å²) in [5.74, 6) is -0.545. The molecule has 0 amide bonds. The minimum Gasteiger partial charge on any atom is -0.460 e. The summed E-state index contributed by atoms with van der Waals surface area (Å²) in [5.41, 5.74) is -0.531. The lowest BCUT2D eigenvalue weighted by Gasteiger charge is -2.26. The molecule has 1 fully saturated rings. The number of Topliss-reactive ketones (excluding diaryl/α,β-unsaturated/α-hetero) is 1. The minimum absolute atomic E-state index is 0.0962. The molecule has 0 saturated carbocycles. The van der Waals surface area contributed by atoms with Gasteiger partial charge in [0.25, 0.3) is 0 Å². The quantitative estimate of drug-likeness (QED) is 0.535. The van der Waals surface area contributed by atoms with E-state index in [0.717, 1.165) is 13.1 Å². The van der Waals surface area contributed by atoms with Crippen molar-refractivity contribution in [3.05, 3.63) is 0 Å². The molecule has 0 atom stereocenters. The molecule has 1 heterocycles. The minimum atomic E-state index is -0.531. The molecule has 0 aromatic rings. The van der Waals surface area contributed by atoms with Gasteiger partial charge in [-0.2, -0.15) is 0 Å². The first kappa shape index (κ1) is 14.1. The highest BCUT2D eigenvalue weighted by molar-refractivity contribution is 5.96. The summed E-state index contributed by atoms with van der Waals surface area (Å²) in [6.07, 6.45) is -0.144. The maximum Gasteiger partial charge on any atom is 0.313 e. The first-order valence-electron chi connectivity index (χ1n) is 5.90. The molecular formula is C12H21NO4. The fourth-order valence-corrected chi connectivity index (χ4v) is 1.60. The van der Waals surface area contributed by atoms with E-state index < -0.39 is 11.6 Å². The largest absolute Gasteiger partial charge is 0.460 e. The van der Waals surface area contributed by atoms with Gasteiger partial charge < -0.3 is 9.47 Å². The molecule has 0 aliphatic carbocycles. The van der Waals surface area contributed by atoms with Crippen molar-refractivity contribution in [2.24, 2.45) is 0 Å². The first-order valence-corrected chi connectivity index (χ1v) is 5.90. The van der Waals surface area contributed by atoms with Crippen LogP contribution in [-0.4, -0.2) is 55.1 Å². The number of esters is 1. The smallest absolute Gasteiger partial charge is 0.313 e. The molecule has 5 nitrogen and oxygen atoms in total. The van der Waals surface area contributed by atoms with Crippen molar-refractivity contribution in [3.8, 4) is 0 Å². The molecule has 0 aromatic heterocycles. The molecule has 0 unspecified atom stereocenters. The number of rotatable bonds is 4. The summed E-state index contributed by atoms with van der Waals surface area (Å²) in [7, 11) is 0. The van der Waals surface area contributed by atoms with Gasteiger partial charge >= 0.3 is 5.97 Å². The second-order valence-corrected chi connectivity index (χ2v) is 5.19. The molecular weight excluding hydrogens is 222 g/mol. The van der Waals surface area contributed by atoms with Gasteiger partial charge in [0.05, 0.1) is 19.8 Å². The molecule has 0 radical (unpaired) electrons. The normalized spacial score (nSPS) is 17.8. The van der Waals surface area contributed by atoms with Gasteiger partial charge in [-0.15, -0.1) is 0 Å². The molecule has 0 aromatic carbocycles. The maximum absolute atomic E-state index is 11.6. The van der Waals surface area contributed by atoms with Crippen LogP contribution in [0.1, 0.15) is 27.2 Å². The van der Waals surface area contributed by atoms with E-state index in [0.29, 0.717) is 19.8 Å². The fraction of sp³-hybridized carbons (Fsp3) is 0.833. The van der Waals surface area contributed by atoms with Crippen LogP contribution < -0.4 is 0 Å². The first-order chi connectivity index (χ1) is 7.87. The highest BCUT2D eigenvalue weighted by atomic mass is 16.6. The standard InChI is InChI=1S/C12H21NO4/c1-12(2,3)17-11(15)8-10(14)9-13-4-6-16-7-5-13/h4-9H2,1-3H3. The van der Waals surface area contributed by atoms with Crippen molar-refractivity contribution in [2.45, 2.75) is 32.8 Å². The Morgan fingerprint density at radius 1 is 1.24 bits per heavy atom. The monoisotopic (exact) mass is 243 g/mol. The Labute approximate surface area is 102 Å². The molecule has 0 spiro atoms. The van der Waals surface area contributed by atoms with E-state index in [-0.39, 0.29) is 12.2 Å². The van der Waals surface area contributed by atoms with E-state index in [1.165, 1.54) is 0 Å². The lowest BCUT2D eigenvalue weighted by atomic mass is 10.2. The van der Waals surface area contributed by atoms with E-state index in [1.807, 2.05) is 4.90 Å². The van der Waals surface area contributed by atoms with Crippen LogP contribution in [0.5, 0.6) is 0 Å². The number of nitrogens with zero attached hydrogens (tertiary/aromatic N) is 1. The average molecular weight is 243 g/mol. The lowest BCUT2D eigenvalue weighted by molar-refractivity contribution is -0.156. The molecule has 1 aliphatic rings. The van der Waals surface area contributed by atoms with Crippen LogP contribution in [0.15, 0.2) is 0 Å². The topological polar surface area (TPSA) is 55.8 Å². The van der Waals surface area contributed by atoms with Crippen LogP contribution in [0, 0.1) is 0 Å². The SMILES string of the molecule is CC(C)(C)OC(=O)CC(=O)CN1CCOCC1. The maximum atomic E-state index is 11.6.